The zero-order chi connectivity index (χ0) is 16.2. The summed E-state index contributed by atoms with van der Waals surface area (Å²) in [6, 6.07) is 5.80. The summed E-state index contributed by atoms with van der Waals surface area (Å²) in [5.41, 5.74) is 1.86. The second-order valence-electron chi connectivity index (χ2n) is 7.59. The van der Waals surface area contributed by atoms with Gasteiger partial charge in [0.2, 0.25) is 12.7 Å². The highest BCUT2D eigenvalue weighted by Gasteiger charge is 2.60. The Bertz CT molecular complexity index is 694. The molecule has 2 fully saturated rings. The van der Waals surface area contributed by atoms with E-state index in [-0.39, 0.29) is 23.5 Å². The molecular formula is C19H23NO3. The van der Waals surface area contributed by atoms with Gasteiger partial charge in [0.15, 0.2) is 11.5 Å². The molecule has 1 aromatic rings. The van der Waals surface area contributed by atoms with Gasteiger partial charge >= 0.3 is 0 Å². The molecule has 2 atom stereocenters. The Morgan fingerprint density at radius 2 is 2.13 bits per heavy atom. The van der Waals surface area contributed by atoms with Crippen LogP contribution in [0.4, 0.5) is 0 Å². The third-order valence-corrected chi connectivity index (χ3v) is 6.22. The normalized spacial score (nSPS) is 29.8. The van der Waals surface area contributed by atoms with Crippen LogP contribution in [0.25, 0.3) is 0 Å². The maximum absolute atomic E-state index is 12.9. The number of benzene rings is 1. The van der Waals surface area contributed by atoms with Crippen LogP contribution >= 0.6 is 0 Å². The number of carbonyl (C=O) groups is 1. The first-order chi connectivity index (χ1) is 10.9. The standard InChI is InChI=1S/C19H23NO3/c1-12-18(2,3)14-6-7-19(12,9-14)17(21)20-10-13-4-5-15-16(8-13)23-11-22-15/h4-5,8,14H,1,6-7,9-11H2,2-3H3,(H,20,21). The fourth-order valence-electron chi connectivity index (χ4n) is 4.54. The molecule has 1 aromatic carbocycles. The number of nitrogens with one attached hydrogen (secondary N) is 1. The third kappa shape index (κ3) is 2.00. The van der Waals surface area contributed by atoms with Crippen LogP contribution in [-0.2, 0) is 11.3 Å². The lowest BCUT2D eigenvalue weighted by atomic mass is 9.68. The lowest BCUT2D eigenvalue weighted by Gasteiger charge is -2.37. The molecule has 0 radical (unpaired) electrons. The number of fused-ring (bicyclic) bond motifs is 3. The van der Waals surface area contributed by atoms with Crippen LogP contribution in [-0.4, -0.2) is 12.7 Å². The van der Waals surface area contributed by atoms with E-state index in [2.05, 4.69) is 25.7 Å². The fraction of sp³-hybridized carbons (Fsp3) is 0.526. The van der Waals surface area contributed by atoms with Crippen LogP contribution in [0.3, 0.4) is 0 Å². The Morgan fingerprint density at radius 1 is 1.35 bits per heavy atom. The lowest BCUT2D eigenvalue weighted by molar-refractivity contribution is -0.128. The second-order valence-corrected chi connectivity index (χ2v) is 7.59. The number of ether oxygens (including phenoxy) is 2. The predicted octanol–water partition coefficient (Wildman–Crippen LogP) is 3.41. The third-order valence-electron chi connectivity index (χ3n) is 6.22. The Balaban J connectivity index is 1.48. The van der Waals surface area contributed by atoms with Crippen molar-refractivity contribution in [2.75, 3.05) is 6.79 Å². The minimum absolute atomic E-state index is 0.0777. The topological polar surface area (TPSA) is 47.6 Å². The number of rotatable bonds is 3. The molecule has 1 N–H and O–H groups in total. The zero-order valence-corrected chi connectivity index (χ0v) is 13.8. The number of hydrogen-bond donors (Lipinski definition) is 1. The van der Waals surface area contributed by atoms with E-state index in [0.717, 1.165) is 41.9 Å². The van der Waals surface area contributed by atoms with E-state index >= 15 is 0 Å². The van der Waals surface area contributed by atoms with Crippen molar-refractivity contribution in [3.8, 4) is 11.5 Å². The van der Waals surface area contributed by atoms with E-state index in [1.165, 1.54) is 0 Å². The van der Waals surface area contributed by atoms with Gasteiger partial charge in [-0.1, -0.05) is 32.1 Å². The average Bonchev–Trinajstić information content (AvgIpc) is 3.21. The minimum Gasteiger partial charge on any atom is -0.454 e. The highest BCUT2D eigenvalue weighted by molar-refractivity contribution is 5.87. The van der Waals surface area contributed by atoms with Gasteiger partial charge in [0.05, 0.1) is 5.41 Å². The predicted molar refractivity (Wildman–Crippen MR) is 87.1 cm³/mol. The quantitative estimate of drug-likeness (QED) is 0.870. The summed E-state index contributed by atoms with van der Waals surface area (Å²) >= 11 is 0. The van der Waals surface area contributed by atoms with Crippen molar-refractivity contribution >= 4 is 5.91 Å². The molecule has 0 aromatic heterocycles. The van der Waals surface area contributed by atoms with Crippen LogP contribution in [0.1, 0.15) is 38.7 Å². The van der Waals surface area contributed by atoms with Crippen molar-refractivity contribution in [2.24, 2.45) is 16.7 Å². The highest BCUT2D eigenvalue weighted by atomic mass is 16.7. The van der Waals surface area contributed by atoms with E-state index in [9.17, 15) is 4.79 Å². The monoisotopic (exact) mass is 313 g/mol. The van der Waals surface area contributed by atoms with Gasteiger partial charge in [-0.15, -0.1) is 0 Å². The first-order valence-electron chi connectivity index (χ1n) is 8.30. The zero-order valence-electron chi connectivity index (χ0n) is 13.8. The van der Waals surface area contributed by atoms with E-state index < -0.39 is 0 Å². The van der Waals surface area contributed by atoms with E-state index in [4.69, 9.17) is 9.47 Å². The first-order valence-corrected chi connectivity index (χ1v) is 8.30. The van der Waals surface area contributed by atoms with Crippen LogP contribution in [0, 0.1) is 16.7 Å². The summed E-state index contributed by atoms with van der Waals surface area (Å²) in [7, 11) is 0. The maximum Gasteiger partial charge on any atom is 0.231 e. The van der Waals surface area contributed by atoms with Gasteiger partial charge in [-0.25, -0.2) is 0 Å². The fourth-order valence-corrected chi connectivity index (χ4v) is 4.54. The molecule has 1 amide bonds. The molecule has 0 saturated heterocycles. The molecule has 4 heteroatoms. The van der Waals surface area contributed by atoms with Crippen LogP contribution < -0.4 is 14.8 Å². The Labute approximate surface area is 136 Å². The summed E-state index contributed by atoms with van der Waals surface area (Å²) in [6.45, 7) is 9.52. The smallest absolute Gasteiger partial charge is 0.231 e. The van der Waals surface area contributed by atoms with Gasteiger partial charge in [-0.05, 0) is 48.3 Å². The largest absolute Gasteiger partial charge is 0.454 e. The minimum atomic E-state index is -0.357. The Kier molecular flexibility index (Phi) is 3.03. The first kappa shape index (κ1) is 14.6. The van der Waals surface area contributed by atoms with Crippen molar-refractivity contribution in [3.05, 3.63) is 35.9 Å². The maximum atomic E-state index is 12.9. The number of amides is 1. The van der Waals surface area contributed by atoms with Crippen LogP contribution in [0.2, 0.25) is 0 Å². The van der Waals surface area contributed by atoms with Crippen molar-refractivity contribution in [2.45, 2.75) is 39.7 Å². The number of carbonyl (C=O) groups excluding carboxylic acids is 1. The van der Waals surface area contributed by atoms with Gasteiger partial charge in [0.1, 0.15) is 0 Å². The van der Waals surface area contributed by atoms with Gasteiger partial charge < -0.3 is 14.8 Å². The molecule has 0 spiro atoms. The van der Waals surface area contributed by atoms with Crippen LogP contribution in [0.15, 0.2) is 30.4 Å². The van der Waals surface area contributed by atoms with Gasteiger partial charge in [0.25, 0.3) is 0 Å². The molecule has 2 aliphatic carbocycles. The Morgan fingerprint density at radius 3 is 2.87 bits per heavy atom. The lowest BCUT2D eigenvalue weighted by Crippen LogP contribution is -2.41. The van der Waals surface area contributed by atoms with Crippen molar-refractivity contribution in [1.29, 1.82) is 0 Å². The summed E-state index contributed by atoms with van der Waals surface area (Å²) in [4.78, 5) is 12.9. The summed E-state index contributed by atoms with van der Waals surface area (Å²) < 4.78 is 10.7. The SMILES string of the molecule is C=C1C2(C(=O)NCc3ccc4c(c3)OCO4)CCC(C2)C1(C)C. The molecule has 23 heavy (non-hydrogen) atoms. The molecule has 4 nitrogen and oxygen atoms in total. The average molecular weight is 313 g/mol. The summed E-state index contributed by atoms with van der Waals surface area (Å²) in [6.07, 6.45) is 3.02. The number of hydrogen-bond acceptors (Lipinski definition) is 3. The van der Waals surface area contributed by atoms with E-state index in [1.54, 1.807) is 0 Å². The van der Waals surface area contributed by atoms with Gasteiger partial charge in [0, 0.05) is 6.54 Å². The van der Waals surface area contributed by atoms with Crippen molar-refractivity contribution in [1.82, 2.24) is 5.32 Å². The molecule has 122 valence electrons. The molecular weight excluding hydrogens is 290 g/mol. The van der Waals surface area contributed by atoms with Crippen LogP contribution in [0.5, 0.6) is 11.5 Å². The van der Waals surface area contributed by atoms with Crippen molar-refractivity contribution < 1.29 is 14.3 Å². The van der Waals surface area contributed by atoms with E-state index in [0.29, 0.717) is 12.5 Å². The Hall–Kier alpha value is -1.97. The molecule has 3 aliphatic rings. The summed E-state index contributed by atoms with van der Waals surface area (Å²) in [5, 5.41) is 3.12. The van der Waals surface area contributed by atoms with Gasteiger partial charge in [-0.2, -0.15) is 0 Å². The molecule has 1 heterocycles. The van der Waals surface area contributed by atoms with Gasteiger partial charge in [-0.3, -0.25) is 4.79 Å². The molecule has 4 rings (SSSR count). The second kappa shape index (κ2) is 4.76. The molecule has 1 aliphatic heterocycles. The molecule has 2 unspecified atom stereocenters. The molecule has 2 bridgehead atoms. The highest BCUT2D eigenvalue weighted by Crippen LogP contribution is 2.65. The summed E-state index contributed by atoms with van der Waals surface area (Å²) in [5.74, 6) is 2.24. The van der Waals surface area contributed by atoms with Crippen molar-refractivity contribution in [3.63, 3.8) is 0 Å². The van der Waals surface area contributed by atoms with E-state index in [1.807, 2.05) is 18.2 Å². The molecule has 2 saturated carbocycles.